The average molecular weight is 493 g/mol. The number of ether oxygens (including phenoxy) is 5. The summed E-state index contributed by atoms with van der Waals surface area (Å²) < 4.78 is 27.5. The number of rotatable bonds is 14. The van der Waals surface area contributed by atoms with Crippen molar-refractivity contribution in [2.24, 2.45) is 0 Å². The topological polar surface area (TPSA) is 80.3 Å². The van der Waals surface area contributed by atoms with E-state index in [4.69, 9.17) is 23.7 Å². The van der Waals surface area contributed by atoms with Crippen LogP contribution in [-0.4, -0.2) is 38.4 Å². The third kappa shape index (κ3) is 9.18. The minimum absolute atomic E-state index is 0.0752. The molecule has 0 aliphatic rings. The van der Waals surface area contributed by atoms with Crippen LogP contribution in [0.3, 0.4) is 0 Å². The van der Waals surface area contributed by atoms with Gasteiger partial charge in [0.15, 0.2) is 0 Å². The summed E-state index contributed by atoms with van der Waals surface area (Å²) in [6.45, 7) is 20.5. The van der Waals surface area contributed by atoms with Gasteiger partial charge in [-0.1, -0.05) is 38.4 Å². The quantitative estimate of drug-likeness (QED) is 0.0821. The first kappa shape index (κ1) is 28.0. The highest BCUT2D eigenvalue weighted by molar-refractivity contribution is 5.89. The zero-order valence-corrected chi connectivity index (χ0v) is 21.1. The molecule has 0 aliphatic heterocycles. The number of hydrogen-bond acceptors (Lipinski definition) is 7. The predicted molar refractivity (Wildman–Crippen MR) is 139 cm³/mol. The Balaban J connectivity index is 2.15. The molecule has 0 aromatic heterocycles. The molecule has 0 bridgehead atoms. The molecule has 2 rings (SSSR count). The van der Waals surface area contributed by atoms with Crippen LogP contribution < -0.4 is 14.2 Å². The van der Waals surface area contributed by atoms with E-state index >= 15 is 0 Å². The summed E-state index contributed by atoms with van der Waals surface area (Å²) in [5.41, 5.74) is 3.04. The van der Waals surface area contributed by atoms with Crippen molar-refractivity contribution in [3.63, 3.8) is 0 Å². The highest BCUT2D eigenvalue weighted by Crippen LogP contribution is 2.31. The Labute approximate surface area is 212 Å². The van der Waals surface area contributed by atoms with Gasteiger partial charge in [-0.15, -0.1) is 0 Å². The van der Waals surface area contributed by atoms with Crippen LogP contribution in [0.2, 0.25) is 0 Å². The van der Waals surface area contributed by atoms with Crippen LogP contribution in [0.1, 0.15) is 20.8 Å². The van der Waals surface area contributed by atoms with Crippen molar-refractivity contribution < 1.29 is 33.3 Å². The first-order valence-corrected chi connectivity index (χ1v) is 11.3. The number of benzene rings is 2. The van der Waals surface area contributed by atoms with Crippen LogP contribution in [0, 0.1) is 0 Å². The van der Waals surface area contributed by atoms with E-state index in [2.05, 4.69) is 26.3 Å². The van der Waals surface area contributed by atoms with Crippen molar-refractivity contribution >= 4 is 11.9 Å². The van der Waals surface area contributed by atoms with Crippen LogP contribution in [-0.2, 0) is 19.1 Å². The second-order valence-corrected chi connectivity index (χ2v) is 8.05. The minimum Gasteiger partial charge on any atom is -0.490 e. The summed E-state index contributed by atoms with van der Waals surface area (Å²) in [6, 6.07) is 12.5. The van der Waals surface area contributed by atoms with E-state index in [9.17, 15) is 9.59 Å². The van der Waals surface area contributed by atoms with Gasteiger partial charge in [-0.2, -0.15) is 0 Å². The van der Waals surface area contributed by atoms with Gasteiger partial charge in [-0.05, 0) is 61.7 Å². The van der Waals surface area contributed by atoms with Crippen LogP contribution in [0.15, 0.2) is 91.3 Å². The van der Waals surface area contributed by atoms with E-state index < -0.39 is 11.9 Å². The molecule has 0 N–H and O–H groups in total. The van der Waals surface area contributed by atoms with Gasteiger partial charge in [0, 0.05) is 17.2 Å². The number of carbonyl (C=O) groups excluding carboxylic acids is 2. The van der Waals surface area contributed by atoms with E-state index in [-0.39, 0.29) is 19.8 Å². The molecule has 2 aromatic rings. The van der Waals surface area contributed by atoms with Gasteiger partial charge in [0.05, 0.1) is 0 Å². The van der Waals surface area contributed by atoms with Crippen molar-refractivity contribution in [1.29, 1.82) is 0 Å². The molecule has 0 saturated heterocycles. The first-order valence-electron chi connectivity index (χ1n) is 11.3. The van der Waals surface area contributed by atoms with Crippen molar-refractivity contribution in [1.82, 2.24) is 0 Å². The van der Waals surface area contributed by atoms with Crippen molar-refractivity contribution in [2.45, 2.75) is 20.8 Å². The molecule has 0 heterocycles. The summed E-state index contributed by atoms with van der Waals surface area (Å²) in [5, 5.41) is 0. The van der Waals surface area contributed by atoms with E-state index in [0.29, 0.717) is 40.8 Å². The maximum atomic E-state index is 11.8. The number of esters is 2. The average Bonchev–Trinajstić information content (AvgIpc) is 2.84. The Morgan fingerprint density at radius 2 is 1.14 bits per heavy atom. The molecule has 190 valence electrons. The Hall–Kier alpha value is -4.26. The molecule has 0 amide bonds. The highest BCUT2D eigenvalue weighted by Gasteiger charge is 2.10. The lowest BCUT2D eigenvalue weighted by Crippen LogP contribution is -2.12. The largest absolute Gasteiger partial charge is 0.490 e. The summed E-state index contributed by atoms with van der Waals surface area (Å²) in [5.74, 6) is 1.04. The molecular formula is C29H32O7. The van der Waals surface area contributed by atoms with Gasteiger partial charge in [-0.3, -0.25) is 0 Å². The molecule has 0 unspecified atom stereocenters. The molecule has 0 spiro atoms. The fourth-order valence-corrected chi connectivity index (χ4v) is 2.68. The maximum absolute atomic E-state index is 11.8. The maximum Gasteiger partial charge on any atom is 0.338 e. The molecule has 0 aliphatic carbocycles. The lowest BCUT2D eigenvalue weighted by atomic mass is 10.0. The van der Waals surface area contributed by atoms with Crippen molar-refractivity contribution in [2.75, 3.05) is 26.4 Å². The van der Waals surface area contributed by atoms with Gasteiger partial charge in [0.25, 0.3) is 0 Å². The zero-order chi connectivity index (χ0) is 26.7. The second kappa shape index (κ2) is 13.6. The fourth-order valence-electron chi connectivity index (χ4n) is 2.68. The molecule has 2 aromatic carbocycles. The standard InChI is InChI=1S/C29H32O7/c1-19(2)22(7)32-12-13-33-26-16-24(17-27(18-26)34-14-15-35-28(30)20(3)4)23-8-10-25(11-9-23)36-29(31)21(5)6/h8-11,16-18H,1,3,5,7,12-15H2,2,4,6H3. The molecule has 7 nitrogen and oxygen atoms in total. The summed E-state index contributed by atoms with van der Waals surface area (Å²) in [7, 11) is 0. The Morgan fingerprint density at radius 1 is 0.611 bits per heavy atom. The summed E-state index contributed by atoms with van der Waals surface area (Å²) in [4.78, 5) is 23.3. The molecule has 36 heavy (non-hydrogen) atoms. The van der Waals surface area contributed by atoms with Gasteiger partial charge in [0.2, 0.25) is 0 Å². The van der Waals surface area contributed by atoms with Gasteiger partial charge in [-0.25, -0.2) is 9.59 Å². The molecule has 0 fully saturated rings. The fraction of sp³-hybridized carbons (Fsp3) is 0.241. The molecule has 7 heteroatoms. The second-order valence-electron chi connectivity index (χ2n) is 8.05. The first-order chi connectivity index (χ1) is 17.1. The molecule has 0 atom stereocenters. The van der Waals surface area contributed by atoms with Gasteiger partial charge < -0.3 is 23.7 Å². The molecule has 0 saturated carbocycles. The van der Waals surface area contributed by atoms with Crippen LogP contribution in [0.25, 0.3) is 11.1 Å². The van der Waals surface area contributed by atoms with E-state index in [1.807, 2.05) is 31.2 Å². The van der Waals surface area contributed by atoms with Crippen molar-refractivity contribution in [3.8, 4) is 28.4 Å². The Kier molecular flexibility index (Phi) is 10.6. The monoisotopic (exact) mass is 492 g/mol. The smallest absolute Gasteiger partial charge is 0.338 e. The van der Waals surface area contributed by atoms with Crippen LogP contribution in [0.5, 0.6) is 17.2 Å². The Bertz CT molecular complexity index is 1090. The Morgan fingerprint density at radius 3 is 1.64 bits per heavy atom. The minimum atomic E-state index is -0.488. The lowest BCUT2D eigenvalue weighted by molar-refractivity contribution is -0.139. The van der Waals surface area contributed by atoms with E-state index in [1.54, 1.807) is 32.0 Å². The van der Waals surface area contributed by atoms with Gasteiger partial charge >= 0.3 is 11.9 Å². The molecule has 0 radical (unpaired) electrons. The summed E-state index contributed by atoms with van der Waals surface area (Å²) >= 11 is 0. The third-order valence-corrected chi connectivity index (χ3v) is 4.66. The van der Waals surface area contributed by atoms with Crippen LogP contribution >= 0.6 is 0 Å². The van der Waals surface area contributed by atoms with Gasteiger partial charge in [0.1, 0.15) is 49.4 Å². The number of carbonyl (C=O) groups is 2. The zero-order valence-electron chi connectivity index (χ0n) is 21.1. The number of allylic oxidation sites excluding steroid dienone is 1. The molecular weight excluding hydrogens is 460 g/mol. The van der Waals surface area contributed by atoms with Crippen molar-refractivity contribution in [3.05, 3.63) is 91.3 Å². The van der Waals surface area contributed by atoms with E-state index in [1.165, 1.54) is 0 Å². The third-order valence-electron chi connectivity index (χ3n) is 4.66. The SMILES string of the molecule is C=C(C)C(=C)OCCOc1cc(OCCOC(=O)C(=C)C)cc(-c2ccc(OC(=O)C(=C)C)cc2)c1. The highest BCUT2D eigenvalue weighted by atomic mass is 16.6. The predicted octanol–water partition coefficient (Wildman–Crippen LogP) is 5.82. The normalized spacial score (nSPS) is 10.1. The summed E-state index contributed by atoms with van der Waals surface area (Å²) in [6.07, 6.45) is 0. The van der Waals surface area contributed by atoms with Crippen LogP contribution in [0.4, 0.5) is 0 Å². The van der Waals surface area contributed by atoms with E-state index in [0.717, 1.165) is 16.7 Å². The lowest BCUT2D eigenvalue weighted by Gasteiger charge is -2.14. The number of hydrogen-bond donors (Lipinski definition) is 0.